The van der Waals surface area contributed by atoms with Crippen molar-refractivity contribution in [2.45, 2.75) is 33.1 Å². The standard InChI is InChI=1S/C23H31BClN5/c1-16(2)9-11-29-10-5-6-17(15-29)13-26-22-12-21(18-7-3-4-8-20(18)25)28-23-19(24)14-27-30(22)23/h3-4,7-8,12,14,16-17,26H,5-6,9-11,13,15,24H2,1-2H3. The quantitative estimate of drug-likeness (QED) is 0.591. The fourth-order valence-corrected chi connectivity index (χ4v) is 4.45. The summed E-state index contributed by atoms with van der Waals surface area (Å²) in [7, 11) is 2.04. The Kier molecular flexibility index (Phi) is 6.64. The van der Waals surface area contributed by atoms with Crippen LogP contribution in [0.4, 0.5) is 5.82 Å². The van der Waals surface area contributed by atoms with Gasteiger partial charge in [0.2, 0.25) is 0 Å². The second-order valence-corrected chi connectivity index (χ2v) is 9.35. The van der Waals surface area contributed by atoms with Gasteiger partial charge in [-0.2, -0.15) is 9.61 Å². The van der Waals surface area contributed by atoms with E-state index in [4.69, 9.17) is 16.6 Å². The molecule has 5 nitrogen and oxygen atoms in total. The van der Waals surface area contributed by atoms with Crippen molar-refractivity contribution in [2.24, 2.45) is 11.8 Å². The topological polar surface area (TPSA) is 45.5 Å². The van der Waals surface area contributed by atoms with Gasteiger partial charge in [0.15, 0.2) is 5.65 Å². The molecule has 1 unspecified atom stereocenters. The third-order valence-electron chi connectivity index (χ3n) is 6.00. The Balaban J connectivity index is 1.53. The number of likely N-dealkylation sites (tertiary alicyclic amines) is 1. The van der Waals surface area contributed by atoms with Crippen LogP contribution in [0.25, 0.3) is 16.9 Å². The van der Waals surface area contributed by atoms with Gasteiger partial charge in [-0.25, -0.2) is 4.98 Å². The summed E-state index contributed by atoms with van der Waals surface area (Å²) in [6.45, 7) is 9.17. The minimum Gasteiger partial charge on any atom is -0.370 e. The summed E-state index contributed by atoms with van der Waals surface area (Å²) in [4.78, 5) is 7.47. The van der Waals surface area contributed by atoms with E-state index in [2.05, 4.69) is 35.2 Å². The van der Waals surface area contributed by atoms with Crippen molar-refractivity contribution in [3.05, 3.63) is 41.6 Å². The molecule has 0 amide bonds. The van der Waals surface area contributed by atoms with Crippen LogP contribution in [0.1, 0.15) is 33.1 Å². The molecule has 0 spiro atoms. The molecule has 1 atom stereocenters. The van der Waals surface area contributed by atoms with Crippen LogP contribution in [0.15, 0.2) is 36.5 Å². The third kappa shape index (κ3) is 4.81. The van der Waals surface area contributed by atoms with Crippen LogP contribution in [0.5, 0.6) is 0 Å². The molecule has 7 heteroatoms. The minimum absolute atomic E-state index is 0.648. The highest BCUT2D eigenvalue weighted by Gasteiger charge is 2.20. The number of hydrogen-bond acceptors (Lipinski definition) is 4. The highest BCUT2D eigenvalue weighted by atomic mass is 35.5. The fraction of sp³-hybridized carbons (Fsp3) is 0.478. The summed E-state index contributed by atoms with van der Waals surface area (Å²) in [5.41, 5.74) is 3.76. The van der Waals surface area contributed by atoms with Crippen LogP contribution in [0.3, 0.4) is 0 Å². The van der Waals surface area contributed by atoms with Gasteiger partial charge in [-0.15, -0.1) is 0 Å². The normalized spacial score (nSPS) is 17.7. The third-order valence-corrected chi connectivity index (χ3v) is 6.33. The number of hydrogen-bond donors (Lipinski definition) is 1. The van der Waals surface area contributed by atoms with E-state index in [1.54, 1.807) is 0 Å². The fourth-order valence-electron chi connectivity index (χ4n) is 4.22. The Labute approximate surface area is 185 Å². The van der Waals surface area contributed by atoms with Crippen molar-refractivity contribution in [2.75, 3.05) is 31.5 Å². The number of benzene rings is 1. The van der Waals surface area contributed by atoms with E-state index in [0.29, 0.717) is 10.9 Å². The lowest BCUT2D eigenvalue weighted by Crippen LogP contribution is -2.39. The smallest absolute Gasteiger partial charge is 0.151 e. The van der Waals surface area contributed by atoms with E-state index >= 15 is 0 Å². The zero-order chi connectivity index (χ0) is 21.1. The molecular weight excluding hydrogens is 393 g/mol. The van der Waals surface area contributed by atoms with Gasteiger partial charge in [-0.05, 0) is 55.7 Å². The number of anilines is 1. The van der Waals surface area contributed by atoms with Gasteiger partial charge in [0.1, 0.15) is 13.7 Å². The number of aromatic nitrogens is 3. The van der Waals surface area contributed by atoms with E-state index in [9.17, 15) is 0 Å². The molecule has 4 rings (SSSR count). The molecule has 1 saturated heterocycles. The predicted molar refractivity (Wildman–Crippen MR) is 129 cm³/mol. The molecule has 158 valence electrons. The molecule has 0 saturated carbocycles. The Bertz CT molecular complexity index is 1000. The Morgan fingerprint density at radius 2 is 2.13 bits per heavy atom. The lowest BCUT2D eigenvalue weighted by atomic mass is 9.97. The zero-order valence-electron chi connectivity index (χ0n) is 18.2. The monoisotopic (exact) mass is 423 g/mol. The van der Waals surface area contributed by atoms with Crippen LogP contribution < -0.4 is 10.8 Å². The lowest BCUT2D eigenvalue weighted by molar-refractivity contribution is 0.172. The van der Waals surface area contributed by atoms with Gasteiger partial charge in [0, 0.05) is 35.9 Å². The van der Waals surface area contributed by atoms with Gasteiger partial charge < -0.3 is 10.2 Å². The van der Waals surface area contributed by atoms with E-state index in [1.807, 2.05) is 42.8 Å². The molecule has 0 aliphatic carbocycles. The van der Waals surface area contributed by atoms with Crippen molar-refractivity contribution in [1.29, 1.82) is 0 Å². The van der Waals surface area contributed by atoms with Crippen molar-refractivity contribution in [3.8, 4) is 11.3 Å². The second-order valence-electron chi connectivity index (χ2n) is 8.94. The molecule has 0 bridgehead atoms. The predicted octanol–water partition coefficient (Wildman–Crippen LogP) is 3.48. The molecular formula is C23H31BClN5. The molecule has 1 aromatic carbocycles. The van der Waals surface area contributed by atoms with Gasteiger partial charge >= 0.3 is 0 Å². The maximum Gasteiger partial charge on any atom is 0.151 e. The van der Waals surface area contributed by atoms with Crippen LogP contribution in [-0.4, -0.2) is 53.5 Å². The molecule has 1 aliphatic heterocycles. The number of fused-ring (bicyclic) bond motifs is 1. The maximum absolute atomic E-state index is 6.45. The number of piperidine rings is 1. The summed E-state index contributed by atoms with van der Waals surface area (Å²) < 4.78 is 1.91. The molecule has 3 aromatic rings. The molecule has 1 fully saturated rings. The molecule has 1 N–H and O–H groups in total. The molecule has 0 radical (unpaired) electrons. The van der Waals surface area contributed by atoms with E-state index in [0.717, 1.165) is 40.6 Å². The van der Waals surface area contributed by atoms with Gasteiger partial charge in [0.05, 0.1) is 5.69 Å². The molecule has 2 aromatic heterocycles. The Morgan fingerprint density at radius 1 is 1.30 bits per heavy atom. The Hall–Kier alpha value is -2.05. The van der Waals surface area contributed by atoms with Crippen molar-refractivity contribution in [1.82, 2.24) is 19.5 Å². The first kappa shape index (κ1) is 21.2. The summed E-state index contributed by atoms with van der Waals surface area (Å²) in [5, 5.41) is 8.94. The van der Waals surface area contributed by atoms with Gasteiger partial charge in [-0.1, -0.05) is 43.6 Å². The number of nitrogens with zero attached hydrogens (tertiary/aromatic N) is 4. The number of halogens is 1. The maximum atomic E-state index is 6.45. The number of rotatable bonds is 7. The van der Waals surface area contributed by atoms with Gasteiger partial charge in [0.25, 0.3) is 0 Å². The van der Waals surface area contributed by atoms with E-state index in [1.165, 1.54) is 38.9 Å². The Morgan fingerprint density at radius 3 is 2.93 bits per heavy atom. The summed E-state index contributed by atoms with van der Waals surface area (Å²) in [6.07, 6.45) is 5.70. The first-order valence-corrected chi connectivity index (χ1v) is 11.5. The van der Waals surface area contributed by atoms with Crippen molar-refractivity contribution < 1.29 is 0 Å². The van der Waals surface area contributed by atoms with Crippen molar-refractivity contribution in [3.63, 3.8) is 0 Å². The highest BCUT2D eigenvalue weighted by Crippen LogP contribution is 2.28. The highest BCUT2D eigenvalue weighted by molar-refractivity contribution is 6.36. The minimum atomic E-state index is 0.648. The molecule has 3 heterocycles. The number of nitrogens with one attached hydrogen (secondary N) is 1. The largest absolute Gasteiger partial charge is 0.370 e. The van der Waals surface area contributed by atoms with Crippen LogP contribution in [-0.2, 0) is 0 Å². The van der Waals surface area contributed by atoms with Crippen LogP contribution >= 0.6 is 11.6 Å². The SMILES string of the molecule is Bc1cnn2c(NCC3CCCN(CCC(C)C)C3)cc(-c3ccccc3Cl)nc12. The van der Waals surface area contributed by atoms with E-state index in [-0.39, 0.29) is 0 Å². The first-order chi connectivity index (χ1) is 14.5. The molecule has 30 heavy (non-hydrogen) atoms. The summed E-state index contributed by atoms with van der Waals surface area (Å²) in [6, 6.07) is 9.94. The zero-order valence-corrected chi connectivity index (χ0v) is 19.0. The first-order valence-electron chi connectivity index (χ1n) is 11.1. The average Bonchev–Trinajstić information content (AvgIpc) is 3.12. The summed E-state index contributed by atoms with van der Waals surface area (Å²) >= 11 is 6.45. The lowest BCUT2D eigenvalue weighted by Gasteiger charge is -2.33. The van der Waals surface area contributed by atoms with Crippen LogP contribution in [0, 0.1) is 11.8 Å². The van der Waals surface area contributed by atoms with Crippen molar-refractivity contribution >= 4 is 36.4 Å². The van der Waals surface area contributed by atoms with E-state index < -0.39 is 0 Å². The summed E-state index contributed by atoms with van der Waals surface area (Å²) in [5.74, 6) is 2.39. The molecule has 1 aliphatic rings. The second kappa shape index (κ2) is 9.40. The van der Waals surface area contributed by atoms with Crippen LogP contribution in [0.2, 0.25) is 5.02 Å². The van der Waals surface area contributed by atoms with Gasteiger partial charge in [-0.3, -0.25) is 0 Å². The average molecular weight is 424 g/mol.